The summed E-state index contributed by atoms with van der Waals surface area (Å²) in [6, 6.07) is 14.1. The molecule has 0 aliphatic carbocycles. The number of aromatic nitrogens is 1. The van der Waals surface area contributed by atoms with E-state index in [9.17, 15) is 14.4 Å². The predicted molar refractivity (Wildman–Crippen MR) is 167 cm³/mol. The number of esters is 1. The number of piperazine rings is 1. The molecule has 44 heavy (non-hydrogen) atoms. The summed E-state index contributed by atoms with van der Waals surface area (Å²) in [5.41, 5.74) is 3.44. The van der Waals surface area contributed by atoms with Crippen molar-refractivity contribution in [1.29, 1.82) is 0 Å². The maximum Gasteiger partial charge on any atom is 0.338 e. The van der Waals surface area contributed by atoms with E-state index in [4.69, 9.17) is 26.4 Å². The van der Waals surface area contributed by atoms with Gasteiger partial charge in [-0.3, -0.25) is 19.6 Å². The summed E-state index contributed by atoms with van der Waals surface area (Å²) < 4.78 is 5.24. The van der Waals surface area contributed by atoms with Crippen molar-refractivity contribution in [2.45, 2.75) is 24.9 Å². The second-order valence-electron chi connectivity index (χ2n) is 10.8. The Kier molecular flexibility index (Phi) is 8.65. The van der Waals surface area contributed by atoms with Gasteiger partial charge in [-0.05, 0) is 30.2 Å². The highest BCUT2D eigenvalue weighted by Gasteiger charge is 2.42. The van der Waals surface area contributed by atoms with Gasteiger partial charge in [0.15, 0.2) is 10.8 Å². The molecule has 4 heterocycles. The number of urea groups is 1. The van der Waals surface area contributed by atoms with Crippen LogP contribution in [0.5, 0.6) is 0 Å². The van der Waals surface area contributed by atoms with Crippen molar-refractivity contribution in [3.8, 4) is 0 Å². The van der Waals surface area contributed by atoms with Crippen molar-refractivity contribution in [2.24, 2.45) is 4.99 Å². The first kappa shape index (κ1) is 29.8. The highest BCUT2D eigenvalue weighted by molar-refractivity contribution is 7.11. The Bertz CT molecular complexity index is 1630. The van der Waals surface area contributed by atoms with Crippen LogP contribution in [0, 0.1) is 0 Å². The zero-order chi connectivity index (χ0) is 30.8. The summed E-state index contributed by atoms with van der Waals surface area (Å²) in [7, 11) is 1.35. The fourth-order valence-electron chi connectivity index (χ4n) is 5.89. The lowest BCUT2D eigenvalue weighted by Crippen LogP contribution is -2.53. The summed E-state index contributed by atoms with van der Waals surface area (Å²) in [5, 5.41) is 15.4. The number of nitrogens with zero attached hydrogens (tertiary/aromatic N) is 5. The van der Waals surface area contributed by atoms with Gasteiger partial charge in [0.2, 0.25) is 0 Å². The minimum absolute atomic E-state index is 0.0415. The normalized spacial score (nSPS) is 20.3. The van der Waals surface area contributed by atoms with E-state index in [2.05, 4.69) is 15.2 Å². The van der Waals surface area contributed by atoms with E-state index in [1.54, 1.807) is 17.2 Å². The Morgan fingerprint density at radius 3 is 2.64 bits per heavy atom. The number of thiazole rings is 1. The molecule has 2 atom stereocenters. The topological polar surface area (TPSA) is 128 Å². The standard InChI is InChI=1S/C31H31ClN6O5S/c1-43-30(41)26-24(34-28(29-33-12-15-44-29)35-27(26)22-4-2-3-5-23(22)32)18-36-13-14-37-21(16-36)17-38(31(37)42)20-9-6-19(7-10-20)8-11-25(39)40/h2-7,9-10,12,15,21,27H,8,11,13-14,16-18H2,1H3,(H,34,35)(H,39,40)/t21-,27-/m0/s1. The first-order valence-electron chi connectivity index (χ1n) is 14.2. The Morgan fingerprint density at radius 2 is 1.93 bits per heavy atom. The molecule has 13 heteroatoms. The number of anilines is 1. The average molecular weight is 635 g/mol. The van der Waals surface area contributed by atoms with E-state index >= 15 is 0 Å². The van der Waals surface area contributed by atoms with Gasteiger partial charge in [-0.1, -0.05) is 41.9 Å². The van der Waals surface area contributed by atoms with Gasteiger partial charge in [0.05, 0.1) is 18.7 Å². The quantitative estimate of drug-likeness (QED) is 0.339. The molecule has 0 spiro atoms. The van der Waals surface area contributed by atoms with Gasteiger partial charge in [0.25, 0.3) is 0 Å². The fourth-order valence-corrected chi connectivity index (χ4v) is 6.72. The first-order chi connectivity index (χ1) is 21.3. The summed E-state index contributed by atoms with van der Waals surface area (Å²) in [5.74, 6) is -0.776. The van der Waals surface area contributed by atoms with E-state index in [1.165, 1.54) is 18.4 Å². The van der Waals surface area contributed by atoms with Crippen LogP contribution in [-0.2, 0) is 20.7 Å². The van der Waals surface area contributed by atoms with Crippen LogP contribution in [0.2, 0.25) is 5.02 Å². The number of amidine groups is 1. The third-order valence-corrected chi connectivity index (χ3v) is 9.18. The van der Waals surface area contributed by atoms with Crippen molar-refractivity contribution in [3.05, 3.63) is 92.5 Å². The number of rotatable bonds is 9. The largest absolute Gasteiger partial charge is 0.481 e. The van der Waals surface area contributed by atoms with Gasteiger partial charge in [-0.15, -0.1) is 11.3 Å². The van der Waals surface area contributed by atoms with Crippen molar-refractivity contribution < 1.29 is 24.2 Å². The van der Waals surface area contributed by atoms with Gasteiger partial charge in [0, 0.05) is 72.7 Å². The number of benzene rings is 2. The maximum absolute atomic E-state index is 13.4. The van der Waals surface area contributed by atoms with E-state index in [-0.39, 0.29) is 18.5 Å². The van der Waals surface area contributed by atoms with Gasteiger partial charge in [-0.2, -0.15) is 0 Å². The van der Waals surface area contributed by atoms with Crippen LogP contribution in [0.4, 0.5) is 10.5 Å². The van der Waals surface area contributed by atoms with Crippen LogP contribution in [0.3, 0.4) is 0 Å². The van der Waals surface area contributed by atoms with Crippen molar-refractivity contribution in [1.82, 2.24) is 20.1 Å². The van der Waals surface area contributed by atoms with E-state index in [0.29, 0.717) is 71.8 Å². The second kappa shape index (κ2) is 12.8. The smallest absolute Gasteiger partial charge is 0.338 e. The molecular formula is C31H31ClN6O5S. The molecule has 228 valence electrons. The maximum atomic E-state index is 13.4. The van der Waals surface area contributed by atoms with E-state index in [0.717, 1.165) is 11.3 Å². The van der Waals surface area contributed by atoms with Gasteiger partial charge in [0.1, 0.15) is 6.04 Å². The van der Waals surface area contributed by atoms with Gasteiger partial charge < -0.3 is 20.1 Å². The molecule has 0 bridgehead atoms. The summed E-state index contributed by atoms with van der Waals surface area (Å²) in [4.78, 5) is 52.8. The third kappa shape index (κ3) is 6.05. The number of halogens is 1. The molecule has 3 aliphatic rings. The summed E-state index contributed by atoms with van der Waals surface area (Å²) in [6.07, 6.45) is 2.21. The molecule has 0 unspecified atom stereocenters. The monoisotopic (exact) mass is 634 g/mol. The minimum atomic E-state index is -0.839. The molecule has 0 radical (unpaired) electrons. The number of carbonyl (C=O) groups is 3. The van der Waals surface area contributed by atoms with Gasteiger partial charge in [-0.25, -0.2) is 14.6 Å². The molecule has 3 aliphatic heterocycles. The number of carbonyl (C=O) groups excluding carboxylic acids is 2. The number of aryl methyl sites for hydroxylation is 1. The zero-order valence-corrected chi connectivity index (χ0v) is 25.6. The lowest BCUT2D eigenvalue weighted by molar-refractivity contribution is -0.137. The van der Waals surface area contributed by atoms with Gasteiger partial charge >= 0.3 is 18.0 Å². The number of carboxylic acids is 1. The molecule has 11 nitrogen and oxygen atoms in total. The number of fused-ring (bicyclic) bond motifs is 1. The minimum Gasteiger partial charge on any atom is -0.481 e. The number of hydrogen-bond donors (Lipinski definition) is 2. The third-order valence-electron chi connectivity index (χ3n) is 8.06. The summed E-state index contributed by atoms with van der Waals surface area (Å²) >= 11 is 8.05. The van der Waals surface area contributed by atoms with Crippen LogP contribution in [0.15, 0.2) is 76.4 Å². The molecule has 2 N–H and O–H groups in total. The number of nitrogens with one attached hydrogen (secondary N) is 1. The fraction of sp³-hybridized carbons (Fsp3) is 0.323. The Morgan fingerprint density at radius 1 is 1.14 bits per heavy atom. The zero-order valence-electron chi connectivity index (χ0n) is 24.0. The van der Waals surface area contributed by atoms with Crippen molar-refractivity contribution in [2.75, 3.05) is 44.7 Å². The van der Waals surface area contributed by atoms with Crippen molar-refractivity contribution >= 4 is 52.4 Å². The highest BCUT2D eigenvalue weighted by Crippen LogP contribution is 2.37. The molecular weight excluding hydrogens is 604 g/mol. The molecule has 2 aromatic carbocycles. The lowest BCUT2D eigenvalue weighted by Gasteiger charge is -2.38. The van der Waals surface area contributed by atoms with Crippen LogP contribution >= 0.6 is 22.9 Å². The molecule has 6 rings (SSSR count). The average Bonchev–Trinajstić information content (AvgIpc) is 3.68. The number of aliphatic imine (C=N–C) groups is 1. The Hall–Kier alpha value is -4.26. The molecule has 2 amide bonds. The lowest BCUT2D eigenvalue weighted by atomic mass is 9.95. The molecule has 3 aromatic rings. The van der Waals surface area contributed by atoms with Crippen molar-refractivity contribution in [3.63, 3.8) is 0 Å². The Labute approximate surface area is 263 Å². The number of methoxy groups -OCH3 is 1. The molecule has 2 saturated heterocycles. The van der Waals surface area contributed by atoms with Crippen LogP contribution in [-0.4, -0.2) is 89.6 Å². The number of carboxylic acid groups (broad SMARTS) is 1. The van der Waals surface area contributed by atoms with E-state index in [1.807, 2.05) is 52.7 Å². The SMILES string of the molecule is COC(=O)C1=C(CN2CCN3C(=O)N(c4ccc(CCC(=O)O)cc4)C[C@@H]3C2)NC(c2nccs2)=N[C@H]1c1ccccc1Cl. The highest BCUT2D eigenvalue weighted by atomic mass is 35.5. The number of ether oxygens (including phenoxy) is 1. The number of hydrogen-bond acceptors (Lipinski definition) is 9. The van der Waals surface area contributed by atoms with Crippen LogP contribution < -0.4 is 10.2 Å². The second-order valence-corrected chi connectivity index (χ2v) is 12.1. The van der Waals surface area contributed by atoms with Crippen LogP contribution in [0.25, 0.3) is 0 Å². The summed E-state index contributed by atoms with van der Waals surface area (Å²) in [6.45, 7) is 2.70. The van der Waals surface area contributed by atoms with E-state index < -0.39 is 18.0 Å². The Balaban J connectivity index is 1.23. The number of amides is 2. The molecule has 2 fully saturated rings. The van der Waals surface area contributed by atoms with Crippen LogP contribution in [0.1, 0.15) is 28.6 Å². The number of aliphatic carboxylic acids is 1. The predicted octanol–water partition coefficient (Wildman–Crippen LogP) is 3.96. The molecule has 0 saturated carbocycles. The first-order valence-corrected chi connectivity index (χ1v) is 15.5. The molecule has 1 aromatic heterocycles.